The van der Waals surface area contributed by atoms with E-state index >= 15 is 0 Å². The van der Waals surface area contributed by atoms with Crippen molar-refractivity contribution in [2.45, 2.75) is 25.8 Å². The van der Waals surface area contributed by atoms with Gasteiger partial charge in [-0.2, -0.15) is 5.26 Å². The van der Waals surface area contributed by atoms with Crippen molar-refractivity contribution in [1.82, 2.24) is 4.98 Å². The van der Waals surface area contributed by atoms with Crippen molar-refractivity contribution in [2.24, 2.45) is 11.7 Å². The Hall–Kier alpha value is -1.60. The molecule has 4 heteroatoms. The summed E-state index contributed by atoms with van der Waals surface area (Å²) in [6.45, 7) is 3.96. The van der Waals surface area contributed by atoms with Gasteiger partial charge in [0, 0.05) is 12.6 Å². The summed E-state index contributed by atoms with van der Waals surface area (Å²) in [6.07, 6.45) is 4.16. The molecular formula is C13H18N4. The first-order chi connectivity index (χ1) is 8.24. The molecule has 1 saturated heterocycles. The zero-order valence-corrected chi connectivity index (χ0v) is 10.1. The molecule has 0 spiro atoms. The van der Waals surface area contributed by atoms with E-state index in [9.17, 15) is 0 Å². The van der Waals surface area contributed by atoms with Gasteiger partial charge in [0.2, 0.25) is 0 Å². The molecule has 1 aromatic rings. The second kappa shape index (κ2) is 5.15. The molecule has 2 heterocycles. The highest BCUT2D eigenvalue weighted by Gasteiger charge is 2.24. The average molecular weight is 230 g/mol. The molecule has 2 atom stereocenters. The van der Waals surface area contributed by atoms with Crippen molar-refractivity contribution in [2.75, 3.05) is 18.0 Å². The molecule has 2 unspecified atom stereocenters. The Morgan fingerprint density at radius 1 is 1.53 bits per heavy atom. The van der Waals surface area contributed by atoms with E-state index in [-0.39, 0.29) is 0 Å². The van der Waals surface area contributed by atoms with Crippen LogP contribution in [0.4, 0.5) is 5.69 Å². The number of piperidine rings is 1. The number of rotatable bonds is 2. The quantitative estimate of drug-likeness (QED) is 0.836. The van der Waals surface area contributed by atoms with Gasteiger partial charge < -0.3 is 10.6 Å². The lowest BCUT2D eigenvalue weighted by atomic mass is 9.93. The minimum absolute atomic E-state index is 0.466. The minimum atomic E-state index is 0.466. The Morgan fingerprint density at radius 2 is 2.35 bits per heavy atom. The number of pyridine rings is 1. The van der Waals surface area contributed by atoms with Crippen LogP contribution >= 0.6 is 0 Å². The van der Waals surface area contributed by atoms with E-state index in [1.54, 1.807) is 12.3 Å². The molecule has 1 aromatic heterocycles. The molecule has 1 aliphatic heterocycles. The van der Waals surface area contributed by atoms with Gasteiger partial charge in [-0.15, -0.1) is 0 Å². The van der Waals surface area contributed by atoms with Gasteiger partial charge in [-0.05, 0) is 44.4 Å². The van der Waals surface area contributed by atoms with Gasteiger partial charge in [0.25, 0.3) is 0 Å². The lowest BCUT2D eigenvalue weighted by Crippen LogP contribution is -2.44. The molecule has 2 N–H and O–H groups in total. The lowest BCUT2D eigenvalue weighted by molar-refractivity contribution is 0.373. The van der Waals surface area contributed by atoms with Crippen LogP contribution in [0.5, 0.6) is 0 Å². The molecule has 2 rings (SSSR count). The Balaban J connectivity index is 2.16. The zero-order valence-electron chi connectivity index (χ0n) is 10.1. The van der Waals surface area contributed by atoms with Crippen molar-refractivity contribution in [1.29, 1.82) is 5.26 Å². The topological polar surface area (TPSA) is 65.9 Å². The van der Waals surface area contributed by atoms with Gasteiger partial charge in [-0.25, -0.2) is 4.98 Å². The van der Waals surface area contributed by atoms with Crippen molar-refractivity contribution in [3.05, 3.63) is 24.0 Å². The van der Waals surface area contributed by atoms with Crippen LogP contribution in [0.15, 0.2) is 18.3 Å². The van der Waals surface area contributed by atoms with Gasteiger partial charge in [-0.3, -0.25) is 0 Å². The first kappa shape index (κ1) is 11.9. The van der Waals surface area contributed by atoms with Crippen LogP contribution in [0.2, 0.25) is 0 Å². The van der Waals surface area contributed by atoms with Crippen molar-refractivity contribution >= 4 is 5.69 Å². The number of nitrogens with two attached hydrogens (primary N) is 1. The predicted molar refractivity (Wildman–Crippen MR) is 67.5 cm³/mol. The molecule has 1 fully saturated rings. The third-order valence-electron chi connectivity index (χ3n) is 3.51. The second-order valence-electron chi connectivity index (χ2n) is 4.69. The van der Waals surface area contributed by atoms with E-state index in [4.69, 9.17) is 11.0 Å². The van der Waals surface area contributed by atoms with Gasteiger partial charge in [0.1, 0.15) is 11.8 Å². The first-order valence-electron chi connectivity index (χ1n) is 6.07. The minimum Gasteiger partial charge on any atom is -0.367 e. The van der Waals surface area contributed by atoms with E-state index in [0.29, 0.717) is 17.7 Å². The predicted octanol–water partition coefficient (Wildman–Crippen LogP) is 1.52. The van der Waals surface area contributed by atoms with Crippen LogP contribution in [-0.2, 0) is 0 Å². The average Bonchev–Trinajstić information content (AvgIpc) is 2.39. The summed E-state index contributed by atoms with van der Waals surface area (Å²) in [5.41, 5.74) is 7.31. The molecule has 4 nitrogen and oxygen atoms in total. The molecule has 0 saturated carbocycles. The van der Waals surface area contributed by atoms with E-state index in [1.807, 2.05) is 12.1 Å². The summed E-state index contributed by atoms with van der Waals surface area (Å²) >= 11 is 0. The first-order valence-corrected chi connectivity index (χ1v) is 6.07. The van der Waals surface area contributed by atoms with E-state index < -0.39 is 0 Å². The largest absolute Gasteiger partial charge is 0.367 e. The van der Waals surface area contributed by atoms with Crippen LogP contribution in [-0.4, -0.2) is 24.1 Å². The maximum atomic E-state index is 8.73. The highest BCUT2D eigenvalue weighted by Crippen LogP contribution is 2.26. The van der Waals surface area contributed by atoms with Gasteiger partial charge in [0.05, 0.1) is 11.9 Å². The highest BCUT2D eigenvalue weighted by atomic mass is 15.2. The number of hydrogen-bond acceptors (Lipinski definition) is 4. The smallest absolute Gasteiger partial charge is 0.140 e. The summed E-state index contributed by atoms with van der Waals surface area (Å²) in [5.74, 6) is 0.571. The third-order valence-corrected chi connectivity index (χ3v) is 3.51. The molecule has 0 radical (unpaired) electrons. The zero-order chi connectivity index (χ0) is 12.3. The second-order valence-corrected chi connectivity index (χ2v) is 4.69. The molecular weight excluding hydrogens is 212 g/mol. The fourth-order valence-electron chi connectivity index (χ4n) is 2.36. The van der Waals surface area contributed by atoms with Crippen molar-refractivity contribution in [3.63, 3.8) is 0 Å². The Morgan fingerprint density at radius 3 is 2.94 bits per heavy atom. The summed E-state index contributed by atoms with van der Waals surface area (Å²) in [6, 6.07) is 6.30. The number of aromatic nitrogens is 1. The van der Waals surface area contributed by atoms with Gasteiger partial charge in [0.15, 0.2) is 0 Å². The van der Waals surface area contributed by atoms with Crippen LogP contribution in [0.1, 0.15) is 25.5 Å². The molecule has 0 aromatic carbocycles. The summed E-state index contributed by atoms with van der Waals surface area (Å²) in [7, 11) is 0. The Labute approximate surface area is 102 Å². The van der Waals surface area contributed by atoms with Crippen molar-refractivity contribution in [3.8, 4) is 6.07 Å². The van der Waals surface area contributed by atoms with E-state index in [1.165, 1.54) is 12.8 Å². The maximum absolute atomic E-state index is 8.73. The molecule has 17 heavy (non-hydrogen) atoms. The molecule has 90 valence electrons. The lowest BCUT2D eigenvalue weighted by Gasteiger charge is -2.39. The summed E-state index contributed by atoms with van der Waals surface area (Å²) in [5, 5.41) is 8.73. The SMILES string of the molecule is CC1CCC(CN)CN1c1ccc(C#N)nc1. The number of nitrogens with zero attached hydrogens (tertiary/aromatic N) is 3. The fourth-order valence-corrected chi connectivity index (χ4v) is 2.36. The van der Waals surface area contributed by atoms with E-state index in [2.05, 4.69) is 16.8 Å². The molecule has 0 bridgehead atoms. The molecule has 0 aliphatic carbocycles. The molecule has 1 aliphatic rings. The van der Waals surface area contributed by atoms with Gasteiger partial charge in [-0.1, -0.05) is 0 Å². The Bertz CT molecular complexity index is 406. The normalized spacial score (nSPS) is 24.4. The molecule has 0 amide bonds. The fraction of sp³-hybridized carbons (Fsp3) is 0.538. The summed E-state index contributed by atoms with van der Waals surface area (Å²) in [4.78, 5) is 6.47. The number of nitriles is 1. The third kappa shape index (κ3) is 2.56. The summed E-state index contributed by atoms with van der Waals surface area (Å²) < 4.78 is 0. The van der Waals surface area contributed by atoms with Gasteiger partial charge >= 0.3 is 0 Å². The number of hydrogen-bond donors (Lipinski definition) is 1. The van der Waals surface area contributed by atoms with Crippen LogP contribution in [0.3, 0.4) is 0 Å². The standard InChI is InChI=1S/C13H18N4/c1-10-2-3-11(6-14)9-17(10)13-5-4-12(7-15)16-8-13/h4-5,8,10-11H,2-3,6,9,14H2,1H3. The maximum Gasteiger partial charge on any atom is 0.140 e. The Kier molecular flexibility index (Phi) is 3.60. The van der Waals surface area contributed by atoms with Crippen LogP contribution in [0.25, 0.3) is 0 Å². The van der Waals surface area contributed by atoms with Crippen LogP contribution in [0, 0.1) is 17.2 Å². The van der Waals surface area contributed by atoms with E-state index in [0.717, 1.165) is 18.8 Å². The highest BCUT2D eigenvalue weighted by molar-refractivity contribution is 5.47. The monoisotopic (exact) mass is 230 g/mol. The number of anilines is 1. The van der Waals surface area contributed by atoms with Crippen LogP contribution < -0.4 is 10.6 Å². The van der Waals surface area contributed by atoms with Crippen molar-refractivity contribution < 1.29 is 0 Å².